The lowest BCUT2D eigenvalue weighted by molar-refractivity contribution is 0.953. The van der Waals surface area contributed by atoms with Gasteiger partial charge in [-0.15, -0.1) is 0 Å². The Hall–Kier alpha value is -9.33. The van der Waals surface area contributed by atoms with E-state index in [-0.39, 0.29) is 0 Å². The molecule has 0 saturated heterocycles. The molecule has 68 heavy (non-hydrogen) atoms. The van der Waals surface area contributed by atoms with Crippen molar-refractivity contribution in [2.45, 2.75) is 0 Å². The Kier molecular flexibility index (Phi) is 9.35. The molecule has 0 atom stereocenters. The van der Waals surface area contributed by atoms with Crippen LogP contribution in [-0.2, 0) is 0 Å². The number of aromatic nitrogens is 7. The summed E-state index contributed by atoms with van der Waals surface area (Å²) in [4.78, 5) is 25.9. The molecule has 7 heteroatoms. The van der Waals surface area contributed by atoms with Crippen molar-refractivity contribution in [1.82, 2.24) is 34.1 Å². The van der Waals surface area contributed by atoms with Gasteiger partial charge in [0.1, 0.15) is 0 Å². The molecule has 0 fully saturated rings. The summed E-state index contributed by atoms with van der Waals surface area (Å²) in [5, 5.41) is 4.58. The summed E-state index contributed by atoms with van der Waals surface area (Å²) in [5.41, 5.74) is 14.1. The van der Waals surface area contributed by atoms with Crippen molar-refractivity contribution in [3.05, 3.63) is 237 Å². The van der Waals surface area contributed by atoms with Gasteiger partial charge in [-0.2, -0.15) is 9.97 Å². The fourth-order valence-corrected chi connectivity index (χ4v) is 9.72. The molecule has 0 aliphatic rings. The molecular formula is C61H39N7. The minimum absolute atomic E-state index is 0.563. The van der Waals surface area contributed by atoms with Gasteiger partial charge in [-0.05, 0) is 65.7 Å². The number of para-hydroxylation sites is 2. The molecule has 0 aliphatic heterocycles. The van der Waals surface area contributed by atoms with Gasteiger partial charge in [0.05, 0.1) is 33.5 Å². The smallest absolute Gasteiger partial charge is 0.238 e. The van der Waals surface area contributed by atoms with Gasteiger partial charge in [-0.3, -0.25) is 4.57 Å². The average Bonchev–Trinajstić information content (AvgIpc) is 3.94. The largest absolute Gasteiger partial charge is 0.309 e. The molecule has 13 rings (SSSR count). The summed E-state index contributed by atoms with van der Waals surface area (Å²) in [5.74, 6) is 2.46. The first-order valence-corrected chi connectivity index (χ1v) is 22.8. The number of fused-ring (bicyclic) bond motifs is 7. The molecule has 0 bridgehead atoms. The lowest BCUT2D eigenvalue weighted by Gasteiger charge is -2.13. The Labute approximate surface area is 392 Å². The monoisotopic (exact) mass is 869 g/mol. The van der Waals surface area contributed by atoms with Gasteiger partial charge in [0, 0.05) is 55.0 Å². The number of benzene rings is 9. The lowest BCUT2D eigenvalue weighted by Crippen LogP contribution is -2.06. The summed E-state index contributed by atoms with van der Waals surface area (Å²) in [6, 6.07) is 82.1. The van der Waals surface area contributed by atoms with Crippen LogP contribution in [0.4, 0.5) is 0 Å². The van der Waals surface area contributed by atoms with Gasteiger partial charge in [-0.1, -0.05) is 182 Å². The molecule has 9 aromatic carbocycles. The molecule has 0 aliphatic carbocycles. The van der Waals surface area contributed by atoms with Crippen LogP contribution in [0.2, 0.25) is 0 Å². The van der Waals surface area contributed by atoms with Gasteiger partial charge in [0.15, 0.2) is 17.5 Å². The molecule has 0 saturated carbocycles. The normalized spacial score (nSPS) is 11.5. The summed E-state index contributed by atoms with van der Waals surface area (Å²) in [7, 11) is 0. The molecule has 7 nitrogen and oxygen atoms in total. The third-order valence-electron chi connectivity index (χ3n) is 12.8. The van der Waals surface area contributed by atoms with E-state index in [2.05, 4.69) is 173 Å². The topological polar surface area (TPSA) is 74.3 Å². The van der Waals surface area contributed by atoms with Crippen LogP contribution < -0.4 is 0 Å². The predicted octanol–water partition coefficient (Wildman–Crippen LogP) is 14.9. The first-order valence-electron chi connectivity index (χ1n) is 22.8. The number of hydrogen-bond acceptors (Lipinski definition) is 5. The standard InChI is InChI=1S/C61H39N7/c1-5-19-40(20-6-1)46-27-13-14-28-47(46)51-39-50(41-21-7-2-8-22-41)62-58(63-51)44-33-35-45(36-34-44)67-52-31-17-15-29-48(52)56-54(67)37-38-55-57(56)49-30-16-18-32-53(49)68(55)61-65-59(42-23-9-3-10-24-42)64-60(66-61)43-25-11-4-12-26-43/h1-39H. The third kappa shape index (κ3) is 6.64. The van der Waals surface area contributed by atoms with E-state index in [0.29, 0.717) is 23.4 Å². The van der Waals surface area contributed by atoms with Crippen molar-refractivity contribution in [3.63, 3.8) is 0 Å². The molecule has 4 aromatic heterocycles. The molecule has 13 aromatic rings. The Bertz CT molecular complexity index is 3940. The lowest BCUT2D eigenvalue weighted by atomic mass is 9.96. The highest BCUT2D eigenvalue weighted by molar-refractivity contribution is 6.28. The zero-order valence-electron chi connectivity index (χ0n) is 36.6. The van der Waals surface area contributed by atoms with Crippen LogP contribution in [0.15, 0.2) is 237 Å². The number of rotatable bonds is 8. The molecule has 4 heterocycles. The summed E-state index contributed by atoms with van der Waals surface area (Å²) >= 11 is 0. The quantitative estimate of drug-likeness (QED) is 0.152. The number of nitrogens with zero attached hydrogens (tertiary/aromatic N) is 7. The van der Waals surface area contributed by atoms with Crippen LogP contribution in [0, 0.1) is 0 Å². The fourth-order valence-electron chi connectivity index (χ4n) is 9.72. The minimum Gasteiger partial charge on any atom is -0.309 e. The van der Waals surface area contributed by atoms with E-state index in [4.69, 9.17) is 24.9 Å². The van der Waals surface area contributed by atoms with Gasteiger partial charge >= 0.3 is 0 Å². The summed E-state index contributed by atoms with van der Waals surface area (Å²) in [6.07, 6.45) is 0. The van der Waals surface area contributed by atoms with Crippen LogP contribution >= 0.6 is 0 Å². The zero-order valence-corrected chi connectivity index (χ0v) is 36.6. The second kappa shape index (κ2) is 16.3. The Balaban J connectivity index is 0.978. The first-order chi connectivity index (χ1) is 33.7. The van der Waals surface area contributed by atoms with E-state index >= 15 is 0 Å². The van der Waals surface area contributed by atoms with E-state index in [1.165, 1.54) is 5.39 Å². The van der Waals surface area contributed by atoms with Crippen LogP contribution in [0.3, 0.4) is 0 Å². The van der Waals surface area contributed by atoms with Crippen molar-refractivity contribution in [2.75, 3.05) is 0 Å². The highest BCUT2D eigenvalue weighted by Crippen LogP contribution is 2.43. The summed E-state index contributed by atoms with van der Waals surface area (Å²) in [6.45, 7) is 0. The van der Waals surface area contributed by atoms with E-state index in [0.717, 1.165) is 94.2 Å². The van der Waals surface area contributed by atoms with Gasteiger partial charge in [0.25, 0.3) is 0 Å². The van der Waals surface area contributed by atoms with Crippen molar-refractivity contribution in [3.8, 4) is 79.4 Å². The second-order valence-electron chi connectivity index (χ2n) is 16.9. The Morgan fingerprint density at radius 1 is 0.265 bits per heavy atom. The van der Waals surface area contributed by atoms with Crippen LogP contribution in [-0.4, -0.2) is 34.1 Å². The Morgan fingerprint density at radius 3 is 1.28 bits per heavy atom. The Morgan fingerprint density at radius 2 is 0.691 bits per heavy atom. The maximum absolute atomic E-state index is 5.28. The maximum Gasteiger partial charge on any atom is 0.238 e. The molecule has 0 amide bonds. The van der Waals surface area contributed by atoms with E-state index in [1.807, 2.05) is 72.8 Å². The van der Waals surface area contributed by atoms with Gasteiger partial charge in [0.2, 0.25) is 5.95 Å². The fraction of sp³-hybridized carbons (Fsp3) is 0. The van der Waals surface area contributed by atoms with Gasteiger partial charge < -0.3 is 4.57 Å². The van der Waals surface area contributed by atoms with Gasteiger partial charge in [-0.25, -0.2) is 15.0 Å². The second-order valence-corrected chi connectivity index (χ2v) is 16.9. The first kappa shape index (κ1) is 39.1. The highest BCUT2D eigenvalue weighted by Gasteiger charge is 2.23. The number of hydrogen-bond donors (Lipinski definition) is 0. The zero-order chi connectivity index (χ0) is 45.0. The molecule has 0 N–H and O–H groups in total. The van der Waals surface area contributed by atoms with Crippen molar-refractivity contribution in [1.29, 1.82) is 0 Å². The van der Waals surface area contributed by atoms with Crippen LogP contribution in [0.5, 0.6) is 0 Å². The van der Waals surface area contributed by atoms with Crippen molar-refractivity contribution >= 4 is 43.6 Å². The molecule has 0 radical (unpaired) electrons. The average molecular weight is 870 g/mol. The molecule has 318 valence electrons. The van der Waals surface area contributed by atoms with Crippen molar-refractivity contribution < 1.29 is 0 Å². The van der Waals surface area contributed by atoms with Crippen molar-refractivity contribution in [2.24, 2.45) is 0 Å². The van der Waals surface area contributed by atoms with E-state index in [9.17, 15) is 0 Å². The molecule has 0 spiro atoms. The molecule has 0 unspecified atom stereocenters. The predicted molar refractivity (Wildman–Crippen MR) is 277 cm³/mol. The third-order valence-corrected chi connectivity index (χ3v) is 12.8. The van der Waals surface area contributed by atoms with E-state index in [1.54, 1.807) is 0 Å². The summed E-state index contributed by atoms with van der Waals surface area (Å²) < 4.78 is 4.56. The van der Waals surface area contributed by atoms with Crippen LogP contribution in [0.25, 0.3) is 123 Å². The van der Waals surface area contributed by atoms with E-state index < -0.39 is 0 Å². The maximum atomic E-state index is 5.28. The SMILES string of the molecule is c1ccc(-c2cc(-c3ccccc3-c3ccccc3)nc(-c3ccc(-n4c5ccccc5c5c6c7ccccc7n(-c7nc(-c8ccccc8)nc(-c8ccccc8)n7)c6ccc54)cc3)n2)cc1. The highest BCUT2D eigenvalue weighted by atomic mass is 15.2. The molecular weight excluding hydrogens is 831 g/mol. The minimum atomic E-state index is 0.563. The van der Waals surface area contributed by atoms with Crippen LogP contribution in [0.1, 0.15) is 0 Å².